The highest BCUT2D eigenvalue weighted by atomic mass is 35.5. The van der Waals surface area contributed by atoms with E-state index >= 15 is 0 Å². The fraction of sp³-hybridized carbons (Fsp3) is 0.333. The quantitative estimate of drug-likeness (QED) is 0.428. The molecule has 2 heterocycles. The van der Waals surface area contributed by atoms with E-state index in [1.165, 1.54) is 0 Å². The minimum atomic E-state index is -0.0436. The number of benzene rings is 2. The van der Waals surface area contributed by atoms with Crippen LogP contribution < -0.4 is 9.64 Å². The molecule has 1 aromatic heterocycles. The van der Waals surface area contributed by atoms with Crippen LogP contribution in [-0.2, 0) is 17.8 Å². The second kappa shape index (κ2) is 10.7. The SMILES string of the molecule is O=CN1CCN(c2ccc(OC(CCc3ccc(Cl)cc3Cl)Cn3ccnc3)cc2)CC1. The lowest BCUT2D eigenvalue weighted by Gasteiger charge is -2.34. The number of hydrogen-bond acceptors (Lipinski definition) is 4. The maximum Gasteiger partial charge on any atom is 0.209 e. The number of imidazole rings is 1. The van der Waals surface area contributed by atoms with Crippen LogP contribution in [0.4, 0.5) is 5.69 Å². The molecule has 1 saturated heterocycles. The lowest BCUT2D eigenvalue weighted by atomic mass is 10.1. The van der Waals surface area contributed by atoms with E-state index in [0.29, 0.717) is 16.6 Å². The summed E-state index contributed by atoms with van der Waals surface area (Å²) in [6.07, 6.45) is 7.97. The molecule has 1 fully saturated rings. The first-order valence-corrected chi connectivity index (χ1v) is 11.5. The molecule has 0 N–H and O–H groups in total. The highest BCUT2D eigenvalue weighted by Crippen LogP contribution is 2.25. The molecule has 1 unspecified atom stereocenters. The summed E-state index contributed by atoms with van der Waals surface area (Å²) in [7, 11) is 0. The molecule has 1 amide bonds. The Morgan fingerprint density at radius 2 is 1.84 bits per heavy atom. The van der Waals surface area contributed by atoms with Crippen LogP contribution in [0.5, 0.6) is 5.75 Å². The maximum atomic E-state index is 10.9. The Morgan fingerprint density at radius 3 is 2.50 bits per heavy atom. The summed E-state index contributed by atoms with van der Waals surface area (Å²) in [4.78, 5) is 19.1. The van der Waals surface area contributed by atoms with E-state index in [1.54, 1.807) is 18.6 Å². The second-order valence-corrected chi connectivity index (χ2v) is 8.74. The number of carbonyl (C=O) groups excluding carboxylic acids is 1. The zero-order valence-electron chi connectivity index (χ0n) is 17.7. The molecular weight excluding hydrogens is 447 g/mol. The Hall–Kier alpha value is -2.70. The molecule has 32 heavy (non-hydrogen) atoms. The number of amides is 1. The van der Waals surface area contributed by atoms with Crippen molar-refractivity contribution >= 4 is 35.3 Å². The molecule has 0 bridgehead atoms. The van der Waals surface area contributed by atoms with Gasteiger partial charge in [0.1, 0.15) is 11.9 Å². The normalized spacial score (nSPS) is 14.9. The molecule has 8 heteroatoms. The summed E-state index contributed by atoms with van der Waals surface area (Å²) in [5, 5.41) is 1.32. The van der Waals surface area contributed by atoms with Crippen LogP contribution in [0.3, 0.4) is 0 Å². The predicted octanol–water partition coefficient (Wildman–Crippen LogP) is 4.55. The third-order valence-electron chi connectivity index (χ3n) is 5.69. The maximum absolute atomic E-state index is 10.9. The van der Waals surface area contributed by atoms with Gasteiger partial charge in [0.05, 0.1) is 12.9 Å². The van der Waals surface area contributed by atoms with Crippen molar-refractivity contribution in [2.75, 3.05) is 31.1 Å². The largest absolute Gasteiger partial charge is 0.489 e. The molecule has 1 atom stereocenters. The van der Waals surface area contributed by atoms with Gasteiger partial charge in [-0.15, -0.1) is 0 Å². The average Bonchev–Trinajstić information content (AvgIpc) is 3.32. The van der Waals surface area contributed by atoms with Gasteiger partial charge in [-0.1, -0.05) is 29.3 Å². The standard InChI is InChI=1S/C24H26Cl2N4O2/c25-20-3-1-19(24(26)15-20)2-6-23(16-29-10-9-27-17-29)32-22-7-4-21(5-8-22)30-13-11-28(18-31)12-14-30/h1,3-5,7-10,15,17-18,23H,2,6,11-14,16H2. The molecule has 0 saturated carbocycles. The molecule has 4 rings (SSSR count). The number of aromatic nitrogens is 2. The van der Waals surface area contributed by atoms with Gasteiger partial charge >= 0.3 is 0 Å². The van der Waals surface area contributed by atoms with E-state index in [9.17, 15) is 4.79 Å². The van der Waals surface area contributed by atoms with Gasteiger partial charge in [0, 0.05) is 54.3 Å². The zero-order valence-corrected chi connectivity index (χ0v) is 19.3. The Balaban J connectivity index is 1.40. The summed E-state index contributed by atoms with van der Waals surface area (Å²) in [6.45, 7) is 3.87. The van der Waals surface area contributed by atoms with Crippen LogP contribution >= 0.6 is 23.2 Å². The zero-order chi connectivity index (χ0) is 22.3. The van der Waals surface area contributed by atoms with Crippen molar-refractivity contribution in [2.24, 2.45) is 0 Å². The fourth-order valence-corrected chi connectivity index (χ4v) is 4.37. The first-order chi connectivity index (χ1) is 15.6. The van der Waals surface area contributed by atoms with Crippen LogP contribution in [0.15, 0.2) is 61.2 Å². The molecule has 2 aromatic carbocycles. The van der Waals surface area contributed by atoms with E-state index < -0.39 is 0 Å². The number of anilines is 1. The number of carbonyl (C=O) groups is 1. The Labute approximate surface area is 198 Å². The summed E-state index contributed by atoms with van der Waals surface area (Å²) in [5.74, 6) is 0.826. The third kappa shape index (κ3) is 5.96. The molecule has 0 radical (unpaired) electrons. The number of piperazine rings is 1. The Morgan fingerprint density at radius 1 is 1.06 bits per heavy atom. The van der Waals surface area contributed by atoms with E-state index in [4.69, 9.17) is 27.9 Å². The molecule has 1 aliphatic rings. The van der Waals surface area contributed by atoms with Gasteiger partial charge in [0.15, 0.2) is 0 Å². The van der Waals surface area contributed by atoms with E-state index in [2.05, 4.69) is 22.0 Å². The highest BCUT2D eigenvalue weighted by Gasteiger charge is 2.17. The van der Waals surface area contributed by atoms with Gasteiger partial charge in [-0.3, -0.25) is 4.79 Å². The molecule has 0 aliphatic carbocycles. The van der Waals surface area contributed by atoms with Crippen molar-refractivity contribution in [3.8, 4) is 5.75 Å². The molecule has 0 spiro atoms. The predicted molar refractivity (Wildman–Crippen MR) is 128 cm³/mol. The molecule has 1 aliphatic heterocycles. The van der Waals surface area contributed by atoms with E-state index in [0.717, 1.165) is 62.4 Å². The van der Waals surface area contributed by atoms with Gasteiger partial charge < -0.3 is 19.1 Å². The summed E-state index contributed by atoms with van der Waals surface area (Å²) in [5.41, 5.74) is 2.20. The minimum absolute atomic E-state index is 0.0436. The van der Waals surface area contributed by atoms with Crippen molar-refractivity contribution in [1.82, 2.24) is 14.5 Å². The molecule has 6 nitrogen and oxygen atoms in total. The Bertz CT molecular complexity index is 1000. The first kappa shape index (κ1) is 22.5. The highest BCUT2D eigenvalue weighted by molar-refractivity contribution is 6.35. The van der Waals surface area contributed by atoms with E-state index in [-0.39, 0.29) is 6.10 Å². The first-order valence-electron chi connectivity index (χ1n) is 10.7. The molecule has 3 aromatic rings. The van der Waals surface area contributed by atoms with Gasteiger partial charge in [0.2, 0.25) is 6.41 Å². The summed E-state index contributed by atoms with van der Waals surface area (Å²) in [6, 6.07) is 13.8. The smallest absolute Gasteiger partial charge is 0.209 e. The van der Waals surface area contributed by atoms with Crippen LogP contribution in [0.25, 0.3) is 0 Å². The van der Waals surface area contributed by atoms with Gasteiger partial charge in [0.25, 0.3) is 0 Å². The average molecular weight is 473 g/mol. The van der Waals surface area contributed by atoms with Gasteiger partial charge in [-0.25, -0.2) is 4.98 Å². The number of aryl methyl sites for hydroxylation is 1. The van der Waals surface area contributed by atoms with Crippen molar-refractivity contribution in [2.45, 2.75) is 25.5 Å². The number of rotatable bonds is 9. The lowest BCUT2D eigenvalue weighted by molar-refractivity contribution is -0.118. The van der Waals surface area contributed by atoms with Crippen LogP contribution in [0.2, 0.25) is 10.0 Å². The number of nitrogens with zero attached hydrogens (tertiary/aromatic N) is 4. The minimum Gasteiger partial charge on any atom is -0.489 e. The monoisotopic (exact) mass is 472 g/mol. The number of ether oxygens (including phenoxy) is 1. The summed E-state index contributed by atoms with van der Waals surface area (Å²) >= 11 is 12.4. The number of halogens is 2. The van der Waals surface area contributed by atoms with Crippen molar-refractivity contribution < 1.29 is 9.53 Å². The third-order valence-corrected chi connectivity index (χ3v) is 6.28. The van der Waals surface area contributed by atoms with Crippen LogP contribution in [-0.4, -0.2) is 53.1 Å². The Kier molecular flexibility index (Phi) is 7.55. The number of hydrogen-bond donors (Lipinski definition) is 0. The van der Waals surface area contributed by atoms with Crippen molar-refractivity contribution in [3.05, 3.63) is 76.8 Å². The van der Waals surface area contributed by atoms with Crippen molar-refractivity contribution in [3.63, 3.8) is 0 Å². The van der Waals surface area contributed by atoms with Crippen LogP contribution in [0.1, 0.15) is 12.0 Å². The fourth-order valence-electron chi connectivity index (χ4n) is 3.87. The summed E-state index contributed by atoms with van der Waals surface area (Å²) < 4.78 is 8.38. The van der Waals surface area contributed by atoms with E-state index in [1.807, 2.05) is 39.9 Å². The van der Waals surface area contributed by atoms with Crippen LogP contribution in [0, 0.1) is 0 Å². The van der Waals surface area contributed by atoms with Gasteiger partial charge in [-0.2, -0.15) is 0 Å². The van der Waals surface area contributed by atoms with Gasteiger partial charge in [-0.05, 0) is 54.8 Å². The van der Waals surface area contributed by atoms with Crippen molar-refractivity contribution in [1.29, 1.82) is 0 Å². The molecule has 168 valence electrons. The topological polar surface area (TPSA) is 50.6 Å². The second-order valence-electron chi connectivity index (χ2n) is 7.90. The molecular formula is C24H26Cl2N4O2. The lowest BCUT2D eigenvalue weighted by Crippen LogP contribution is -2.45.